The summed E-state index contributed by atoms with van der Waals surface area (Å²) in [5.74, 6) is -0.774. The van der Waals surface area contributed by atoms with Crippen molar-refractivity contribution in [1.29, 1.82) is 0 Å². The lowest BCUT2D eigenvalue weighted by atomic mass is 10.0. The molecule has 0 amide bonds. The fourth-order valence-corrected chi connectivity index (χ4v) is 4.22. The monoisotopic (exact) mass is 467 g/mol. The summed E-state index contributed by atoms with van der Waals surface area (Å²) in [5, 5.41) is 13.4. The third kappa shape index (κ3) is 3.84. The summed E-state index contributed by atoms with van der Waals surface area (Å²) in [6, 6.07) is 7.47. The first-order chi connectivity index (χ1) is 14.7. The molecule has 1 aromatic carbocycles. The van der Waals surface area contributed by atoms with E-state index < -0.39 is 28.7 Å². The average molecular weight is 468 g/mol. The van der Waals surface area contributed by atoms with Crippen molar-refractivity contribution in [3.8, 4) is 22.8 Å². The molecule has 0 radical (unpaired) electrons. The van der Waals surface area contributed by atoms with Crippen molar-refractivity contribution in [2.24, 2.45) is 0 Å². The van der Waals surface area contributed by atoms with Gasteiger partial charge in [0.25, 0.3) is 5.65 Å². The largest absolute Gasteiger partial charge is 0.842 e. The van der Waals surface area contributed by atoms with E-state index in [1.54, 1.807) is 18.2 Å². The van der Waals surface area contributed by atoms with Gasteiger partial charge in [-0.05, 0) is 24.3 Å². The first-order valence-corrected chi connectivity index (χ1v) is 10.00. The van der Waals surface area contributed by atoms with Crippen LogP contribution in [0.25, 0.3) is 16.8 Å². The molecule has 4 aromatic rings. The Balaban J connectivity index is 2.05. The zero-order valence-corrected chi connectivity index (χ0v) is 17.4. The minimum atomic E-state index is -4.66. The molecule has 0 saturated carbocycles. The third-order valence-corrected chi connectivity index (χ3v) is 5.74. The van der Waals surface area contributed by atoms with Crippen molar-refractivity contribution < 1.29 is 27.6 Å². The summed E-state index contributed by atoms with van der Waals surface area (Å²) in [6.07, 6.45) is -1.72. The summed E-state index contributed by atoms with van der Waals surface area (Å²) < 4.78 is 47.9. The second-order valence-corrected chi connectivity index (χ2v) is 8.19. The first kappa shape index (κ1) is 21.1. The Bertz CT molecular complexity index is 1350. The normalized spacial score (nSPS) is 11.8. The number of halogens is 4. The van der Waals surface area contributed by atoms with Crippen LogP contribution in [0.2, 0.25) is 4.47 Å². The molecule has 4 rings (SSSR count). The van der Waals surface area contributed by atoms with Crippen LogP contribution in [0.1, 0.15) is 10.4 Å². The number of ether oxygens (including phenoxy) is 1. The van der Waals surface area contributed by atoms with Gasteiger partial charge in [-0.1, -0.05) is 17.7 Å². The van der Waals surface area contributed by atoms with Crippen LogP contribution in [0.15, 0.2) is 53.6 Å². The summed E-state index contributed by atoms with van der Waals surface area (Å²) in [4.78, 5) is 17.7. The van der Waals surface area contributed by atoms with Gasteiger partial charge in [-0.25, -0.2) is 14.3 Å². The molecule has 0 saturated heterocycles. The maximum absolute atomic E-state index is 13.4. The lowest BCUT2D eigenvalue weighted by Gasteiger charge is -2.19. The van der Waals surface area contributed by atoms with Gasteiger partial charge in [-0.2, -0.15) is 17.6 Å². The van der Waals surface area contributed by atoms with E-state index >= 15 is 0 Å². The van der Waals surface area contributed by atoms with Crippen LogP contribution >= 0.6 is 22.9 Å². The van der Waals surface area contributed by atoms with Crippen LogP contribution in [-0.4, -0.2) is 16.5 Å². The van der Waals surface area contributed by atoms with Crippen molar-refractivity contribution in [3.63, 3.8) is 0 Å². The van der Waals surface area contributed by atoms with Gasteiger partial charge in [-0.15, -0.1) is 11.3 Å². The molecule has 160 valence electrons. The SMILES string of the molecule is COc1ccc(C(F)(F)F)cc1-c1c([O-])[n+](Cc2cnc(Cl)s2)c2ccccn2c1=O. The molecule has 0 aliphatic rings. The predicted octanol–water partition coefficient (Wildman–Crippen LogP) is 3.51. The summed E-state index contributed by atoms with van der Waals surface area (Å²) in [7, 11) is 1.25. The minimum Gasteiger partial charge on any atom is -0.842 e. The van der Waals surface area contributed by atoms with Crippen LogP contribution in [0.3, 0.4) is 0 Å². The second-order valence-electron chi connectivity index (χ2n) is 6.49. The standard InChI is InChI=1S/C20H13ClF3N3O3S/c1-30-14-6-5-11(20(22,23)24)8-13(14)16-17(28)26-7-3-2-4-15(26)27(18(16)29)10-12-9-25-19(21)31-12/h2-9H,10H2,1H3. The van der Waals surface area contributed by atoms with Gasteiger partial charge in [-0.3, -0.25) is 0 Å². The van der Waals surface area contributed by atoms with Crippen molar-refractivity contribution >= 4 is 28.6 Å². The zero-order chi connectivity index (χ0) is 22.3. The van der Waals surface area contributed by atoms with E-state index in [0.717, 1.165) is 29.5 Å². The molecule has 0 spiro atoms. The third-order valence-electron chi connectivity index (χ3n) is 4.64. The van der Waals surface area contributed by atoms with E-state index in [1.165, 1.54) is 28.5 Å². The van der Waals surface area contributed by atoms with Crippen molar-refractivity contribution in [3.05, 3.63) is 74.1 Å². The molecule has 3 heterocycles. The Morgan fingerprint density at radius 1 is 1.29 bits per heavy atom. The van der Waals surface area contributed by atoms with E-state index in [2.05, 4.69) is 4.98 Å². The van der Waals surface area contributed by atoms with Gasteiger partial charge in [0.1, 0.15) is 17.9 Å². The molecular weight excluding hydrogens is 455 g/mol. The number of thiazole rings is 1. The lowest BCUT2D eigenvalue weighted by molar-refractivity contribution is -0.707. The maximum atomic E-state index is 13.4. The quantitative estimate of drug-likeness (QED) is 0.431. The number of pyridine rings is 1. The number of methoxy groups -OCH3 is 1. The number of nitrogens with zero attached hydrogens (tertiary/aromatic N) is 3. The highest BCUT2D eigenvalue weighted by Gasteiger charge is 2.32. The molecule has 0 aliphatic carbocycles. The van der Waals surface area contributed by atoms with E-state index in [0.29, 0.717) is 4.88 Å². The Hall–Kier alpha value is -3.11. The van der Waals surface area contributed by atoms with Gasteiger partial charge < -0.3 is 9.84 Å². The van der Waals surface area contributed by atoms with Crippen LogP contribution < -0.4 is 20.0 Å². The van der Waals surface area contributed by atoms with Gasteiger partial charge in [0.2, 0.25) is 0 Å². The minimum absolute atomic E-state index is 0.0227. The average Bonchev–Trinajstić information content (AvgIpc) is 3.15. The summed E-state index contributed by atoms with van der Waals surface area (Å²) in [5.41, 5.74) is -2.14. The van der Waals surface area contributed by atoms with Gasteiger partial charge in [0.05, 0.1) is 29.6 Å². The van der Waals surface area contributed by atoms with E-state index in [1.807, 2.05) is 0 Å². The first-order valence-electron chi connectivity index (χ1n) is 8.80. The highest BCUT2D eigenvalue weighted by atomic mass is 35.5. The van der Waals surface area contributed by atoms with Crippen molar-refractivity contribution in [2.75, 3.05) is 7.11 Å². The van der Waals surface area contributed by atoms with Crippen LogP contribution in [0.4, 0.5) is 13.2 Å². The highest BCUT2D eigenvalue weighted by Crippen LogP contribution is 2.37. The number of fused-ring (bicyclic) bond motifs is 1. The Morgan fingerprint density at radius 2 is 2.06 bits per heavy atom. The number of alkyl halides is 3. The number of benzene rings is 1. The number of hydrogen-bond donors (Lipinski definition) is 0. The molecule has 0 aliphatic heterocycles. The van der Waals surface area contributed by atoms with Crippen molar-refractivity contribution in [2.45, 2.75) is 12.7 Å². The molecule has 0 bridgehead atoms. The fourth-order valence-electron chi connectivity index (χ4n) is 3.25. The van der Waals surface area contributed by atoms with Crippen LogP contribution in [0.5, 0.6) is 11.6 Å². The van der Waals surface area contributed by atoms with Crippen LogP contribution in [-0.2, 0) is 12.7 Å². The molecule has 3 aromatic heterocycles. The molecule has 0 fully saturated rings. The highest BCUT2D eigenvalue weighted by molar-refractivity contribution is 7.15. The number of hydrogen-bond acceptors (Lipinski definition) is 5. The summed E-state index contributed by atoms with van der Waals surface area (Å²) in [6.45, 7) is 0.0330. The van der Waals surface area contributed by atoms with Crippen molar-refractivity contribution in [1.82, 2.24) is 9.38 Å². The number of aromatic nitrogens is 3. The van der Waals surface area contributed by atoms with E-state index in [9.17, 15) is 23.1 Å². The van der Waals surface area contributed by atoms with Gasteiger partial charge >= 0.3 is 11.7 Å². The van der Waals surface area contributed by atoms with E-state index in [-0.39, 0.29) is 28.0 Å². The molecule has 11 heteroatoms. The lowest BCUT2D eigenvalue weighted by Crippen LogP contribution is -2.44. The maximum Gasteiger partial charge on any atom is 0.416 e. The molecule has 0 N–H and O–H groups in total. The smallest absolute Gasteiger partial charge is 0.416 e. The number of rotatable bonds is 4. The second kappa shape index (κ2) is 7.86. The summed E-state index contributed by atoms with van der Waals surface area (Å²) >= 11 is 7.03. The van der Waals surface area contributed by atoms with E-state index in [4.69, 9.17) is 16.3 Å². The Morgan fingerprint density at radius 3 is 2.71 bits per heavy atom. The zero-order valence-electron chi connectivity index (χ0n) is 15.8. The van der Waals surface area contributed by atoms with Crippen LogP contribution in [0, 0.1) is 0 Å². The molecule has 0 unspecified atom stereocenters. The topological polar surface area (TPSA) is 70.5 Å². The Labute approximate surface area is 182 Å². The predicted molar refractivity (Wildman–Crippen MR) is 107 cm³/mol. The molecule has 6 nitrogen and oxygen atoms in total. The fraction of sp³-hybridized carbons (Fsp3) is 0.150. The molecule has 31 heavy (non-hydrogen) atoms. The van der Waals surface area contributed by atoms with Gasteiger partial charge in [0.15, 0.2) is 4.47 Å². The van der Waals surface area contributed by atoms with Gasteiger partial charge in [0, 0.05) is 17.8 Å². The molecule has 0 atom stereocenters. The molecular formula is C20H13ClF3N3O3S. The Kier molecular flexibility index (Phi) is 5.36.